The Kier molecular flexibility index (Phi) is 5.09. The first-order valence-electron chi connectivity index (χ1n) is 9.03. The number of aromatic nitrogens is 6. The Hall–Kier alpha value is -3.53. The van der Waals surface area contributed by atoms with Crippen molar-refractivity contribution in [2.24, 2.45) is 0 Å². The largest absolute Gasteiger partial charge is 0.369 e. The van der Waals surface area contributed by atoms with E-state index in [1.54, 1.807) is 10.7 Å². The molecular formula is C19H19N7O2S. The van der Waals surface area contributed by atoms with Gasteiger partial charge in [-0.2, -0.15) is 14.5 Å². The Morgan fingerprint density at radius 3 is 2.59 bits per heavy atom. The monoisotopic (exact) mass is 409 g/mol. The van der Waals surface area contributed by atoms with Gasteiger partial charge >= 0.3 is 5.69 Å². The fraction of sp³-hybridized carbons (Fsp3) is 0.211. The highest BCUT2D eigenvalue weighted by Gasteiger charge is 2.16. The number of benzene rings is 1. The second-order valence-electron chi connectivity index (χ2n) is 6.44. The third kappa shape index (κ3) is 3.74. The lowest BCUT2D eigenvalue weighted by atomic mass is 10.2. The zero-order valence-electron chi connectivity index (χ0n) is 15.9. The van der Waals surface area contributed by atoms with Crippen LogP contribution in [0.15, 0.2) is 52.6 Å². The number of tetrazole rings is 1. The van der Waals surface area contributed by atoms with E-state index >= 15 is 0 Å². The smallest absolute Gasteiger partial charge is 0.323 e. The molecule has 0 aliphatic rings. The van der Waals surface area contributed by atoms with E-state index in [1.807, 2.05) is 55.6 Å². The molecule has 0 bridgehead atoms. The van der Waals surface area contributed by atoms with Gasteiger partial charge in [0.1, 0.15) is 5.00 Å². The van der Waals surface area contributed by atoms with Crippen LogP contribution in [-0.2, 0) is 11.3 Å². The van der Waals surface area contributed by atoms with Crippen LogP contribution in [0.25, 0.3) is 10.7 Å². The minimum absolute atomic E-state index is 0.0957. The number of nitrogens with one attached hydrogen (secondary N) is 1. The highest BCUT2D eigenvalue weighted by Crippen LogP contribution is 2.22. The van der Waals surface area contributed by atoms with Gasteiger partial charge in [-0.3, -0.25) is 4.79 Å². The standard InChI is InChI=1S/C19H19N7O2S/c1-13-18(14(2)25(21-13)15-7-4-3-5-8-15)20-16(27)10-11-24-19(28)26(23-22-24)17-9-6-12-29-17/h3-9,12H,10-11H2,1-2H3,(H,20,27). The topological polar surface area (TPSA) is 99.6 Å². The van der Waals surface area contributed by atoms with Gasteiger partial charge < -0.3 is 5.32 Å². The summed E-state index contributed by atoms with van der Waals surface area (Å²) in [5.74, 6) is -0.221. The number of nitrogens with zero attached hydrogens (tertiary/aromatic N) is 6. The maximum Gasteiger partial charge on any atom is 0.369 e. The van der Waals surface area contributed by atoms with Crippen LogP contribution in [0.1, 0.15) is 17.8 Å². The molecule has 1 amide bonds. The van der Waals surface area contributed by atoms with Crippen LogP contribution in [0.2, 0.25) is 0 Å². The van der Waals surface area contributed by atoms with Gasteiger partial charge in [0, 0.05) is 6.42 Å². The summed E-state index contributed by atoms with van der Waals surface area (Å²) in [5.41, 5.74) is 2.78. The van der Waals surface area contributed by atoms with Crippen LogP contribution in [0.3, 0.4) is 0 Å². The van der Waals surface area contributed by atoms with Crippen molar-refractivity contribution < 1.29 is 4.79 Å². The van der Waals surface area contributed by atoms with Crippen molar-refractivity contribution in [3.63, 3.8) is 0 Å². The van der Waals surface area contributed by atoms with Crippen LogP contribution >= 0.6 is 11.3 Å². The van der Waals surface area contributed by atoms with E-state index < -0.39 is 0 Å². The van der Waals surface area contributed by atoms with Crippen LogP contribution in [-0.4, -0.2) is 35.5 Å². The van der Waals surface area contributed by atoms with Gasteiger partial charge in [0.2, 0.25) is 5.91 Å². The lowest BCUT2D eigenvalue weighted by Gasteiger charge is -2.07. The normalized spacial score (nSPS) is 11.0. The van der Waals surface area contributed by atoms with Crippen LogP contribution in [0.5, 0.6) is 0 Å². The lowest BCUT2D eigenvalue weighted by molar-refractivity contribution is -0.116. The molecule has 4 rings (SSSR count). The Bertz CT molecular complexity index is 1190. The van der Waals surface area contributed by atoms with Crippen molar-refractivity contribution in [2.75, 3.05) is 5.32 Å². The van der Waals surface area contributed by atoms with Crippen LogP contribution < -0.4 is 11.0 Å². The number of carbonyl (C=O) groups is 1. The van der Waals surface area contributed by atoms with Crippen LogP contribution in [0, 0.1) is 13.8 Å². The lowest BCUT2D eigenvalue weighted by Crippen LogP contribution is -2.26. The number of anilines is 1. The average Bonchev–Trinajstić information content (AvgIpc) is 3.43. The fourth-order valence-electron chi connectivity index (χ4n) is 3.00. The molecule has 29 heavy (non-hydrogen) atoms. The van der Waals surface area contributed by atoms with Gasteiger partial charge in [0.15, 0.2) is 0 Å². The second-order valence-corrected chi connectivity index (χ2v) is 7.37. The molecule has 148 valence electrons. The second kappa shape index (κ2) is 7.84. The summed E-state index contributed by atoms with van der Waals surface area (Å²) >= 11 is 1.39. The van der Waals surface area contributed by atoms with Gasteiger partial charge in [-0.25, -0.2) is 9.48 Å². The molecule has 9 nitrogen and oxygen atoms in total. The first kappa shape index (κ1) is 18.8. The molecule has 3 heterocycles. The molecule has 0 aliphatic heterocycles. The zero-order chi connectivity index (χ0) is 20.4. The number of hydrogen-bond acceptors (Lipinski definition) is 6. The first-order valence-corrected chi connectivity index (χ1v) is 9.91. The molecule has 1 aromatic carbocycles. The summed E-state index contributed by atoms with van der Waals surface area (Å²) in [6.45, 7) is 3.89. The Balaban J connectivity index is 1.45. The summed E-state index contributed by atoms with van der Waals surface area (Å²) in [4.78, 5) is 24.8. The molecule has 0 saturated heterocycles. The molecule has 10 heteroatoms. The van der Waals surface area contributed by atoms with E-state index in [-0.39, 0.29) is 24.6 Å². The van der Waals surface area contributed by atoms with Gasteiger partial charge in [0.05, 0.1) is 29.3 Å². The summed E-state index contributed by atoms with van der Waals surface area (Å²) in [6.07, 6.45) is 0.0957. The van der Waals surface area contributed by atoms with Crippen molar-refractivity contribution in [1.82, 2.24) is 29.6 Å². The number of aryl methyl sites for hydroxylation is 2. The van der Waals surface area contributed by atoms with E-state index in [1.165, 1.54) is 20.7 Å². The molecule has 0 aliphatic carbocycles. The molecule has 4 aromatic rings. The van der Waals surface area contributed by atoms with Crippen LogP contribution in [0.4, 0.5) is 5.69 Å². The number of hydrogen-bond donors (Lipinski definition) is 1. The van der Waals surface area contributed by atoms with E-state index in [4.69, 9.17) is 0 Å². The van der Waals surface area contributed by atoms with E-state index in [9.17, 15) is 9.59 Å². The van der Waals surface area contributed by atoms with Crippen molar-refractivity contribution in [3.05, 3.63) is 69.7 Å². The highest BCUT2D eigenvalue weighted by molar-refractivity contribution is 7.12. The molecule has 0 atom stereocenters. The summed E-state index contributed by atoms with van der Waals surface area (Å²) in [7, 11) is 0. The Labute approximate surface area is 170 Å². The van der Waals surface area contributed by atoms with Crippen molar-refractivity contribution in [3.8, 4) is 10.7 Å². The summed E-state index contributed by atoms with van der Waals surface area (Å²) in [6, 6.07) is 13.3. The fourth-order valence-corrected chi connectivity index (χ4v) is 3.66. The Morgan fingerprint density at radius 2 is 1.86 bits per heavy atom. The van der Waals surface area contributed by atoms with Gasteiger partial charge in [-0.05, 0) is 53.9 Å². The molecular weight excluding hydrogens is 390 g/mol. The minimum atomic E-state index is -0.371. The first-order chi connectivity index (χ1) is 14.0. The third-order valence-electron chi connectivity index (χ3n) is 4.46. The van der Waals surface area contributed by atoms with Crippen molar-refractivity contribution in [2.45, 2.75) is 26.8 Å². The minimum Gasteiger partial charge on any atom is -0.323 e. The Morgan fingerprint density at radius 1 is 1.07 bits per heavy atom. The van der Waals surface area contributed by atoms with Gasteiger partial charge in [-0.15, -0.1) is 11.3 Å². The van der Waals surface area contributed by atoms with E-state index in [2.05, 4.69) is 20.8 Å². The van der Waals surface area contributed by atoms with Crippen molar-refractivity contribution in [1.29, 1.82) is 0 Å². The molecule has 3 aromatic heterocycles. The van der Waals surface area contributed by atoms with Crippen molar-refractivity contribution >= 4 is 22.9 Å². The predicted molar refractivity (Wildman–Crippen MR) is 110 cm³/mol. The van der Waals surface area contributed by atoms with Gasteiger partial charge in [0.25, 0.3) is 0 Å². The van der Waals surface area contributed by atoms with E-state index in [0.29, 0.717) is 10.7 Å². The average molecular weight is 409 g/mol. The highest BCUT2D eigenvalue weighted by atomic mass is 32.1. The number of para-hydroxylation sites is 1. The molecule has 0 spiro atoms. The maximum atomic E-state index is 12.5. The quantitative estimate of drug-likeness (QED) is 0.527. The molecule has 0 radical (unpaired) electrons. The number of thiophene rings is 1. The number of amides is 1. The predicted octanol–water partition coefficient (Wildman–Crippen LogP) is 2.32. The number of rotatable bonds is 6. The summed E-state index contributed by atoms with van der Waals surface area (Å²) in [5, 5.41) is 17.7. The van der Waals surface area contributed by atoms with E-state index in [0.717, 1.165) is 17.1 Å². The SMILES string of the molecule is Cc1nn(-c2ccccc2)c(C)c1NC(=O)CCn1nnn(-c2cccs2)c1=O. The number of carbonyl (C=O) groups excluding carboxylic acids is 1. The third-order valence-corrected chi connectivity index (χ3v) is 5.31. The molecule has 0 fully saturated rings. The molecule has 0 saturated carbocycles. The summed E-state index contributed by atoms with van der Waals surface area (Å²) < 4.78 is 4.20. The zero-order valence-corrected chi connectivity index (χ0v) is 16.8. The maximum absolute atomic E-state index is 12.5. The molecule has 1 N–H and O–H groups in total. The molecule has 0 unspecified atom stereocenters. The van der Waals surface area contributed by atoms with Gasteiger partial charge in [-0.1, -0.05) is 18.2 Å².